The van der Waals surface area contributed by atoms with Gasteiger partial charge in [0.05, 0.1) is 43.0 Å². The van der Waals surface area contributed by atoms with Crippen LogP contribution in [0.3, 0.4) is 0 Å². The van der Waals surface area contributed by atoms with Crippen molar-refractivity contribution in [2.75, 3.05) is 38.9 Å². The van der Waals surface area contributed by atoms with Gasteiger partial charge in [-0.15, -0.1) is 0 Å². The summed E-state index contributed by atoms with van der Waals surface area (Å²) < 4.78 is 121. The number of hydrogen-bond donors (Lipinski definition) is 2. The van der Waals surface area contributed by atoms with Crippen LogP contribution in [0, 0.1) is 10.8 Å². The molecule has 0 spiro atoms. The molecule has 2 unspecified atom stereocenters. The Morgan fingerprint density at radius 3 is 2.11 bits per heavy atom. The molecule has 0 radical (unpaired) electrons. The van der Waals surface area contributed by atoms with Gasteiger partial charge in [0.1, 0.15) is 42.6 Å². The van der Waals surface area contributed by atoms with Crippen LogP contribution in [0.2, 0.25) is 0 Å². The largest absolute Gasteiger partial charge is 0.478 e. The van der Waals surface area contributed by atoms with Crippen LogP contribution >= 0.6 is 15.4 Å². The molecule has 4 aromatic heterocycles. The predicted octanol–water partition coefficient (Wildman–Crippen LogP) is 3.22. The summed E-state index contributed by atoms with van der Waals surface area (Å²) in [6.45, 7) is 5.59. The smallest absolute Gasteiger partial charge is 0.438 e. The molecule has 3 aliphatic heterocycles. The average molecular weight is 906 g/mol. The predicted molar refractivity (Wildman–Crippen MR) is 200 cm³/mol. The molecular weight excluding hydrogens is 862 g/mol. The number of hydrogen-bond acceptors (Lipinski definition) is 21. The monoisotopic (exact) mass is 905 g/mol. The maximum Gasteiger partial charge on any atom is 0.478 e. The highest BCUT2D eigenvalue weighted by molar-refractivity contribution is 7.53. The van der Waals surface area contributed by atoms with Crippen LogP contribution in [0.1, 0.15) is 54.0 Å². The minimum Gasteiger partial charge on any atom is -0.438 e. The molecule has 3 N–H and O–H groups in total. The Bertz CT molecular complexity index is 2420. The number of esters is 2. The number of carbonyl (C=O) groups is 2. The third-order valence-corrected chi connectivity index (χ3v) is 12.3. The topological polar surface area (TPSA) is 294 Å². The van der Waals surface area contributed by atoms with E-state index in [1.807, 2.05) is 0 Å². The summed E-state index contributed by atoms with van der Waals surface area (Å²) >= 11 is 0. The molecule has 0 saturated carbocycles. The molecule has 24 nitrogen and oxygen atoms in total. The van der Waals surface area contributed by atoms with E-state index in [-0.39, 0.29) is 28.1 Å². The summed E-state index contributed by atoms with van der Waals surface area (Å²) in [5, 5.41) is 0. The van der Waals surface area contributed by atoms with Gasteiger partial charge in [-0.3, -0.25) is 41.7 Å². The first-order valence-electron chi connectivity index (χ1n) is 18.5. The van der Waals surface area contributed by atoms with Crippen LogP contribution in [-0.4, -0.2) is 121 Å². The highest BCUT2D eigenvalue weighted by Crippen LogP contribution is 2.56. The molecule has 7 heterocycles. The molecule has 3 aliphatic rings. The molecule has 10 atom stereocenters. The molecule has 4 aromatic rings. The summed E-state index contributed by atoms with van der Waals surface area (Å²) in [7, 11) is -9.81. The number of phosphoric acid groups is 1. The molecule has 0 aliphatic carbocycles. The number of nitrogen functional groups attached to an aromatic ring is 1. The Labute approximate surface area is 344 Å². The highest BCUT2D eigenvalue weighted by atomic mass is 31.2. The van der Waals surface area contributed by atoms with Crippen molar-refractivity contribution < 1.29 is 73.8 Å². The van der Waals surface area contributed by atoms with E-state index >= 15 is 8.78 Å². The Hall–Kier alpha value is -4.36. The van der Waals surface area contributed by atoms with Crippen LogP contribution in [0.25, 0.3) is 22.3 Å². The SMILES string of the molecule is CC(C)(C)C(=O)OCOP1(=O)CO[C@H]2[C@@H](F)[C@H](n3cnc4c(N)ncnc43)O[C@@H]2COP(=O)(OCOC(=O)C(C)(C)C)O[C@@H]2[C@H](F)[C@@H](CO1)O[C@H]2n1cnc2c(=O)[nH]cnc21. The summed E-state index contributed by atoms with van der Waals surface area (Å²) in [5.41, 5.74) is 3.12. The van der Waals surface area contributed by atoms with Crippen LogP contribution < -0.4 is 11.3 Å². The van der Waals surface area contributed by atoms with E-state index < -0.39 is 126 Å². The van der Waals surface area contributed by atoms with Crippen LogP contribution in [0.4, 0.5) is 14.6 Å². The summed E-state index contributed by atoms with van der Waals surface area (Å²) in [5.74, 6) is -1.54. The number of H-pyrrole nitrogens is 1. The van der Waals surface area contributed by atoms with E-state index in [4.69, 9.17) is 52.0 Å². The summed E-state index contributed by atoms with van der Waals surface area (Å²) in [6, 6.07) is 0. The van der Waals surface area contributed by atoms with Crippen LogP contribution in [-0.2, 0) is 65.0 Å². The van der Waals surface area contributed by atoms with Gasteiger partial charge in [-0.25, -0.2) is 42.8 Å². The number of nitrogens with one attached hydrogen (secondary N) is 1. The number of rotatable bonds is 8. The van der Waals surface area contributed by atoms with Crippen molar-refractivity contribution in [3.8, 4) is 0 Å². The normalized spacial score (nSPS) is 31.5. The fourth-order valence-corrected chi connectivity index (χ4v) is 8.54. The van der Waals surface area contributed by atoms with Gasteiger partial charge in [-0.1, -0.05) is 0 Å². The van der Waals surface area contributed by atoms with Crippen molar-refractivity contribution in [3.63, 3.8) is 0 Å². The van der Waals surface area contributed by atoms with Crippen molar-refractivity contribution in [2.24, 2.45) is 10.8 Å². The number of phosphoric ester groups is 1. The van der Waals surface area contributed by atoms with Crippen molar-refractivity contribution in [3.05, 3.63) is 35.7 Å². The molecule has 3 fully saturated rings. The maximum absolute atomic E-state index is 16.7. The molecule has 7 rings (SSSR count). The first kappa shape index (κ1) is 44.7. The second-order valence-corrected chi connectivity index (χ2v) is 19.6. The lowest BCUT2D eigenvalue weighted by molar-refractivity contribution is -0.162. The summed E-state index contributed by atoms with van der Waals surface area (Å²) in [4.78, 5) is 60.3. The van der Waals surface area contributed by atoms with Gasteiger partial charge in [0.15, 0.2) is 47.4 Å². The zero-order chi connectivity index (χ0) is 44.1. The lowest BCUT2D eigenvalue weighted by Crippen LogP contribution is -2.37. The van der Waals surface area contributed by atoms with E-state index in [9.17, 15) is 23.5 Å². The average Bonchev–Trinajstić information content (AvgIpc) is 3.96. The molecule has 0 amide bonds. The number of aromatic nitrogens is 8. The van der Waals surface area contributed by atoms with Gasteiger partial charge in [0, 0.05) is 0 Å². The van der Waals surface area contributed by atoms with Crippen LogP contribution in [0.5, 0.6) is 0 Å². The Morgan fingerprint density at radius 2 is 1.43 bits per heavy atom. The Morgan fingerprint density at radius 1 is 0.820 bits per heavy atom. The zero-order valence-electron chi connectivity index (χ0n) is 33.4. The minimum absolute atomic E-state index is 0.0193. The van der Waals surface area contributed by atoms with Gasteiger partial charge in [0.2, 0.25) is 13.6 Å². The van der Waals surface area contributed by atoms with E-state index in [2.05, 4.69) is 29.9 Å². The van der Waals surface area contributed by atoms with E-state index in [0.717, 1.165) is 23.5 Å². The number of carbonyl (C=O) groups excluding carboxylic acids is 2. The van der Waals surface area contributed by atoms with Crippen molar-refractivity contribution in [1.29, 1.82) is 0 Å². The van der Waals surface area contributed by atoms with Gasteiger partial charge < -0.3 is 38.9 Å². The van der Waals surface area contributed by atoms with E-state index in [0.29, 0.717) is 0 Å². The quantitative estimate of drug-likeness (QED) is 0.146. The summed E-state index contributed by atoms with van der Waals surface area (Å²) in [6.07, 6.45) is -11.3. The lowest BCUT2D eigenvalue weighted by Gasteiger charge is -2.28. The number of alkyl halides is 2. The number of anilines is 1. The number of ether oxygens (including phenoxy) is 5. The number of imidazole rings is 2. The third kappa shape index (κ3) is 9.38. The number of nitrogens with zero attached hydrogens (tertiary/aromatic N) is 7. The molecule has 28 heteroatoms. The zero-order valence-corrected chi connectivity index (χ0v) is 35.2. The van der Waals surface area contributed by atoms with Crippen molar-refractivity contribution >= 4 is 55.5 Å². The van der Waals surface area contributed by atoms with Gasteiger partial charge in [-0.05, 0) is 41.5 Å². The Kier molecular flexibility index (Phi) is 12.5. The highest BCUT2D eigenvalue weighted by Gasteiger charge is 2.54. The van der Waals surface area contributed by atoms with Gasteiger partial charge in [0.25, 0.3) is 5.56 Å². The first-order chi connectivity index (χ1) is 28.7. The number of aromatic amines is 1. The number of nitrogens with two attached hydrogens (primary N) is 1. The van der Waals surface area contributed by atoms with Crippen LogP contribution in [0.15, 0.2) is 30.1 Å². The molecule has 2 bridgehead atoms. The molecule has 334 valence electrons. The fourth-order valence-electron chi connectivity index (χ4n) is 6.15. The Balaban J connectivity index is 1.25. The second-order valence-electron chi connectivity index (χ2n) is 16.0. The second kappa shape index (κ2) is 17.1. The third-order valence-electron chi connectivity index (χ3n) is 9.41. The van der Waals surface area contributed by atoms with E-state index in [1.165, 1.54) is 10.9 Å². The van der Waals surface area contributed by atoms with Crippen molar-refractivity contribution in [1.82, 2.24) is 39.0 Å². The lowest BCUT2D eigenvalue weighted by atomic mass is 9.98. The number of halogens is 2. The minimum atomic E-state index is -5.15. The molecule has 0 aromatic carbocycles. The molecule has 61 heavy (non-hydrogen) atoms. The standard InChI is InChI=1S/C33H43F2N9O15P2/c1-32(2,3)30(46)50-13-55-60(48)15-52-22-17(58-28(19(22)35)43-11-41-20-24(36)37-9-38-25(20)43)8-54-61(49,56-14-51-31(47)33(4,5)6)59-23-18(34)16(7-53-60)57-29(23)44-12-42-21-26(44)39-10-40-27(21)45/h9-12,16-19,22-23,28-29H,7-8,13-15H2,1-6H3,(H2,36,37,38)(H,39,40,45)/t16-,17-,18-,19-,22-,23-,28-,29-,60?,61?/m1/s1. The fraction of sp³-hybridized carbons (Fsp3) is 0.636. The van der Waals surface area contributed by atoms with Gasteiger partial charge >= 0.3 is 27.4 Å². The van der Waals surface area contributed by atoms with Crippen molar-refractivity contribution in [2.45, 2.75) is 90.8 Å². The molecular formula is C33H43F2N9O15P2. The van der Waals surface area contributed by atoms with E-state index in [1.54, 1.807) is 41.5 Å². The first-order valence-corrected chi connectivity index (χ1v) is 21.7. The number of fused-ring (bicyclic) bond motifs is 5. The maximum atomic E-state index is 16.7. The van der Waals surface area contributed by atoms with Gasteiger partial charge in [-0.2, -0.15) is 0 Å². The molecule has 3 saturated heterocycles.